The standard InChI is InChI=1S/C13H21N5O2/c1-2-20-10-5-3-8-18(9-10)12(19)13(6-4-7-13)11-14-16-17-15-11/h10H,2-9H2,1H3,(H,14,15,16,17)/t10-/m0/s1. The number of nitrogens with zero attached hydrogens (tertiary/aromatic N) is 4. The number of tetrazole rings is 1. The number of amides is 1. The summed E-state index contributed by atoms with van der Waals surface area (Å²) in [5.41, 5.74) is -0.541. The number of ether oxygens (including phenoxy) is 1. The molecule has 1 aliphatic carbocycles. The van der Waals surface area contributed by atoms with Gasteiger partial charge in [0.1, 0.15) is 5.41 Å². The molecule has 0 aromatic carbocycles. The molecule has 7 nitrogen and oxygen atoms in total. The first-order valence-electron chi connectivity index (χ1n) is 7.41. The first-order valence-corrected chi connectivity index (χ1v) is 7.41. The zero-order chi connectivity index (χ0) is 14.0. The van der Waals surface area contributed by atoms with E-state index in [1.54, 1.807) is 0 Å². The van der Waals surface area contributed by atoms with Crippen molar-refractivity contribution in [3.8, 4) is 0 Å². The molecule has 20 heavy (non-hydrogen) atoms. The zero-order valence-electron chi connectivity index (χ0n) is 11.8. The lowest BCUT2D eigenvalue weighted by Crippen LogP contribution is -2.55. The van der Waals surface area contributed by atoms with Gasteiger partial charge in [0, 0.05) is 19.7 Å². The number of likely N-dealkylation sites (tertiary alicyclic amines) is 1. The van der Waals surface area contributed by atoms with Crippen LogP contribution in [-0.2, 0) is 14.9 Å². The molecular formula is C13H21N5O2. The van der Waals surface area contributed by atoms with Gasteiger partial charge in [0.05, 0.1) is 6.10 Å². The van der Waals surface area contributed by atoms with Gasteiger partial charge in [0.15, 0.2) is 5.82 Å². The Labute approximate surface area is 118 Å². The number of carbonyl (C=O) groups is 1. The van der Waals surface area contributed by atoms with Crippen molar-refractivity contribution >= 4 is 5.91 Å². The minimum absolute atomic E-state index is 0.148. The highest BCUT2D eigenvalue weighted by Gasteiger charge is 2.51. The van der Waals surface area contributed by atoms with E-state index in [2.05, 4.69) is 20.6 Å². The molecule has 1 N–H and O–H groups in total. The Morgan fingerprint density at radius 2 is 2.35 bits per heavy atom. The summed E-state index contributed by atoms with van der Waals surface area (Å²) in [7, 11) is 0. The van der Waals surface area contributed by atoms with E-state index in [9.17, 15) is 4.79 Å². The predicted molar refractivity (Wildman–Crippen MR) is 70.9 cm³/mol. The topological polar surface area (TPSA) is 84.0 Å². The van der Waals surface area contributed by atoms with Crippen LogP contribution in [-0.4, -0.2) is 57.2 Å². The van der Waals surface area contributed by atoms with E-state index >= 15 is 0 Å². The van der Waals surface area contributed by atoms with E-state index in [-0.39, 0.29) is 12.0 Å². The van der Waals surface area contributed by atoms with Crippen LogP contribution in [0.1, 0.15) is 44.9 Å². The van der Waals surface area contributed by atoms with Crippen LogP contribution >= 0.6 is 0 Å². The highest BCUT2D eigenvalue weighted by atomic mass is 16.5. The van der Waals surface area contributed by atoms with Crippen molar-refractivity contribution in [1.29, 1.82) is 0 Å². The van der Waals surface area contributed by atoms with E-state index in [0.29, 0.717) is 19.0 Å². The molecule has 1 amide bonds. The van der Waals surface area contributed by atoms with Gasteiger partial charge < -0.3 is 9.64 Å². The summed E-state index contributed by atoms with van der Waals surface area (Å²) in [6.45, 7) is 4.18. The van der Waals surface area contributed by atoms with Crippen molar-refractivity contribution in [3.05, 3.63) is 5.82 Å². The lowest BCUT2D eigenvalue weighted by Gasteiger charge is -2.43. The quantitative estimate of drug-likeness (QED) is 0.874. The lowest BCUT2D eigenvalue weighted by atomic mass is 9.67. The molecular weight excluding hydrogens is 258 g/mol. The first kappa shape index (κ1) is 13.5. The molecule has 2 aliphatic rings. The summed E-state index contributed by atoms with van der Waals surface area (Å²) < 4.78 is 5.67. The molecule has 2 fully saturated rings. The number of hydrogen-bond donors (Lipinski definition) is 1. The fraction of sp³-hybridized carbons (Fsp3) is 0.846. The monoisotopic (exact) mass is 279 g/mol. The zero-order valence-corrected chi connectivity index (χ0v) is 11.8. The SMILES string of the molecule is CCO[C@H]1CCCN(C(=O)C2(c3nn[nH]n3)CCC2)C1. The van der Waals surface area contributed by atoms with E-state index in [4.69, 9.17) is 4.74 Å². The van der Waals surface area contributed by atoms with Gasteiger partial charge in [-0.3, -0.25) is 4.79 Å². The average Bonchev–Trinajstić information content (AvgIpc) is 2.92. The molecule has 1 saturated carbocycles. The van der Waals surface area contributed by atoms with Crippen LogP contribution in [0.2, 0.25) is 0 Å². The molecule has 1 aromatic heterocycles. The highest BCUT2D eigenvalue weighted by Crippen LogP contribution is 2.43. The molecule has 1 aromatic rings. The third-order valence-electron chi connectivity index (χ3n) is 4.46. The first-order chi connectivity index (χ1) is 9.76. The molecule has 3 rings (SSSR count). The number of nitrogens with one attached hydrogen (secondary N) is 1. The molecule has 1 saturated heterocycles. The number of aromatic amines is 1. The van der Waals surface area contributed by atoms with Gasteiger partial charge in [-0.1, -0.05) is 11.6 Å². The van der Waals surface area contributed by atoms with Crippen molar-refractivity contribution in [2.45, 2.75) is 50.5 Å². The fourth-order valence-electron chi connectivity index (χ4n) is 3.23. The normalized spacial score (nSPS) is 25.2. The maximum absolute atomic E-state index is 12.9. The van der Waals surface area contributed by atoms with Gasteiger partial charge in [0.2, 0.25) is 5.91 Å². The number of hydrogen-bond acceptors (Lipinski definition) is 5. The van der Waals surface area contributed by atoms with Crippen LogP contribution in [0.3, 0.4) is 0 Å². The van der Waals surface area contributed by atoms with Crippen LogP contribution in [0.4, 0.5) is 0 Å². The fourth-order valence-corrected chi connectivity index (χ4v) is 3.23. The molecule has 0 unspecified atom stereocenters. The van der Waals surface area contributed by atoms with Gasteiger partial charge in [-0.05, 0) is 32.6 Å². The molecule has 0 spiro atoms. The second-order valence-corrected chi connectivity index (χ2v) is 5.64. The van der Waals surface area contributed by atoms with Crippen molar-refractivity contribution in [2.75, 3.05) is 19.7 Å². The Hall–Kier alpha value is -1.50. The van der Waals surface area contributed by atoms with Gasteiger partial charge >= 0.3 is 0 Å². The third kappa shape index (κ3) is 2.19. The number of piperidine rings is 1. The van der Waals surface area contributed by atoms with Crippen LogP contribution < -0.4 is 0 Å². The minimum Gasteiger partial charge on any atom is -0.377 e. The summed E-state index contributed by atoms with van der Waals surface area (Å²) in [6.07, 6.45) is 4.89. The van der Waals surface area contributed by atoms with Gasteiger partial charge in [-0.2, -0.15) is 5.21 Å². The largest absolute Gasteiger partial charge is 0.377 e. The van der Waals surface area contributed by atoms with Crippen LogP contribution in [0.15, 0.2) is 0 Å². The average molecular weight is 279 g/mol. The molecule has 2 heterocycles. The highest BCUT2D eigenvalue weighted by molar-refractivity contribution is 5.88. The van der Waals surface area contributed by atoms with E-state index in [0.717, 1.165) is 38.6 Å². The van der Waals surface area contributed by atoms with E-state index < -0.39 is 5.41 Å². The van der Waals surface area contributed by atoms with Crippen molar-refractivity contribution in [3.63, 3.8) is 0 Å². The second-order valence-electron chi connectivity index (χ2n) is 5.64. The number of rotatable bonds is 4. The molecule has 0 bridgehead atoms. The van der Waals surface area contributed by atoms with E-state index in [1.165, 1.54) is 0 Å². The predicted octanol–water partition coefficient (Wildman–Crippen LogP) is 0.649. The maximum Gasteiger partial charge on any atom is 0.236 e. The Kier molecular flexibility index (Phi) is 3.69. The Bertz CT molecular complexity index is 455. The number of H-pyrrole nitrogens is 1. The van der Waals surface area contributed by atoms with Gasteiger partial charge in [-0.25, -0.2) is 0 Å². The van der Waals surface area contributed by atoms with Crippen LogP contribution in [0, 0.1) is 0 Å². The maximum atomic E-state index is 12.9. The minimum atomic E-state index is -0.541. The Morgan fingerprint density at radius 1 is 1.50 bits per heavy atom. The van der Waals surface area contributed by atoms with Crippen molar-refractivity contribution in [1.82, 2.24) is 25.5 Å². The summed E-state index contributed by atoms with van der Waals surface area (Å²) in [5.74, 6) is 0.696. The van der Waals surface area contributed by atoms with Gasteiger partial charge in [0.25, 0.3) is 0 Å². The molecule has 110 valence electrons. The van der Waals surface area contributed by atoms with E-state index in [1.807, 2.05) is 11.8 Å². The van der Waals surface area contributed by atoms with Crippen LogP contribution in [0.5, 0.6) is 0 Å². The van der Waals surface area contributed by atoms with Crippen LogP contribution in [0.25, 0.3) is 0 Å². The molecule has 7 heteroatoms. The summed E-state index contributed by atoms with van der Waals surface area (Å²) in [6, 6.07) is 0. The second kappa shape index (κ2) is 5.47. The summed E-state index contributed by atoms with van der Waals surface area (Å²) in [5, 5.41) is 14.2. The third-order valence-corrected chi connectivity index (χ3v) is 4.46. The Morgan fingerprint density at radius 3 is 2.95 bits per heavy atom. The Balaban J connectivity index is 1.74. The van der Waals surface area contributed by atoms with Crippen molar-refractivity contribution < 1.29 is 9.53 Å². The molecule has 0 radical (unpaired) electrons. The summed E-state index contributed by atoms with van der Waals surface area (Å²) in [4.78, 5) is 14.8. The summed E-state index contributed by atoms with van der Waals surface area (Å²) >= 11 is 0. The molecule has 1 atom stereocenters. The number of aromatic nitrogens is 4. The lowest BCUT2D eigenvalue weighted by molar-refractivity contribution is -0.145. The smallest absolute Gasteiger partial charge is 0.236 e. The van der Waals surface area contributed by atoms with Crippen molar-refractivity contribution in [2.24, 2.45) is 0 Å². The molecule has 1 aliphatic heterocycles. The number of carbonyl (C=O) groups excluding carboxylic acids is 1. The van der Waals surface area contributed by atoms with Gasteiger partial charge in [-0.15, -0.1) is 10.2 Å².